The van der Waals surface area contributed by atoms with Crippen LogP contribution >= 0.6 is 0 Å². The Bertz CT molecular complexity index is 826. The molecule has 0 rings (SSSR count). The molecule has 0 aliphatic rings. The van der Waals surface area contributed by atoms with Crippen molar-refractivity contribution in [2.45, 2.75) is 341 Å². The maximum atomic E-state index is 12.8. The van der Waals surface area contributed by atoms with Crippen LogP contribution < -0.4 is 0 Å². The molecule has 0 amide bonds. The molecule has 0 radical (unpaired) electrons. The highest BCUT2D eigenvalue weighted by molar-refractivity contribution is 5.69. The van der Waals surface area contributed by atoms with Crippen molar-refractivity contribution >= 4 is 11.9 Å². The van der Waals surface area contributed by atoms with E-state index in [9.17, 15) is 9.59 Å². The molecular weight excluding hydrogens is 737 g/mol. The van der Waals surface area contributed by atoms with Crippen LogP contribution in [0.4, 0.5) is 0 Å². The van der Waals surface area contributed by atoms with E-state index in [-0.39, 0.29) is 18.0 Å². The van der Waals surface area contributed by atoms with E-state index in [0.717, 1.165) is 32.1 Å². The Morgan fingerprint density at radius 1 is 0.283 bits per heavy atom. The maximum absolute atomic E-state index is 12.8. The van der Waals surface area contributed by atoms with E-state index >= 15 is 0 Å². The Labute approximate surface area is 377 Å². The van der Waals surface area contributed by atoms with E-state index in [0.29, 0.717) is 19.4 Å². The fourth-order valence-corrected chi connectivity index (χ4v) is 8.91. The largest absolute Gasteiger partial charge is 0.466 e. The second kappa shape index (κ2) is 52.3. The average molecular weight is 847 g/mol. The first-order valence-electron chi connectivity index (χ1n) is 28.0. The van der Waals surface area contributed by atoms with Gasteiger partial charge in [-0.25, -0.2) is 0 Å². The van der Waals surface area contributed by atoms with E-state index < -0.39 is 0 Å². The van der Waals surface area contributed by atoms with Crippen LogP contribution in [0.25, 0.3) is 0 Å². The second-order valence-electron chi connectivity index (χ2n) is 19.3. The molecule has 0 bridgehead atoms. The fourth-order valence-electron chi connectivity index (χ4n) is 8.91. The normalized spacial score (nSPS) is 12.0. The quantitative estimate of drug-likeness (QED) is 0.0452. The van der Waals surface area contributed by atoms with Crippen LogP contribution in [-0.2, 0) is 19.1 Å². The van der Waals surface area contributed by atoms with Crippen LogP contribution in [0.2, 0.25) is 0 Å². The van der Waals surface area contributed by atoms with Gasteiger partial charge in [-0.1, -0.05) is 278 Å². The number of ether oxygens (including phenoxy) is 2. The maximum Gasteiger partial charge on any atom is 0.306 e. The van der Waals surface area contributed by atoms with Gasteiger partial charge >= 0.3 is 11.9 Å². The topological polar surface area (TPSA) is 52.6 Å². The predicted molar refractivity (Wildman–Crippen MR) is 264 cm³/mol. The molecule has 60 heavy (non-hydrogen) atoms. The van der Waals surface area contributed by atoms with Crippen molar-refractivity contribution in [3.63, 3.8) is 0 Å². The minimum absolute atomic E-state index is 0.0107. The standard InChI is InChI=1S/C56H110O4/c1-4-7-10-13-15-17-19-21-23-25-27-32-36-41-46-51-55(57)59-53-48-43-38-34-30-29-31-35-40-45-50-54(49-44-39-12-9-6-3)60-56(58)52-47-42-37-33-28-26-24-22-20-18-16-14-11-8-5-2/h54H,4-53H2,1-3H3. The van der Waals surface area contributed by atoms with Gasteiger partial charge in [-0.15, -0.1) is 0 Å². The van der Waals surface area contributed by atoms with Crippen molar-refractivity contribution in [1.29, 1.82) is 0 Å². The van der Waals surface area contributed by atoms with Crippen molar-refractivity contribution in [2.24, 2.45) is 0 Å². The lowest BCUT2D eigenvalue weighted by Gasteiger charge is -2.18. The molecule has 0 aliphatic carbocycles. The second-order valence-corrected chi connectivity index (χ2v) is 19.3. The minimum atomic E-state index is 0.0107. The molecule has 1 atom stereocenters. The number of carbonyl (C=O) groups excluding carboxylic acids is 2. The summed E-state index contributed by atoms with van der Waals surface area (Å²) in [7, 11) is 0. The fraction of sp³-hybridized carbons (Fsp3) is 0.964. The summed E-state index contributed by atoms with van der Waals surface area (Å²) >= 11 is 0. The monoisotopic (exact) mass is 847 g/mol. The van der Waals surface area contributed by atoms with Crippen molar-refractivity contribution < 1.29 is 19.1 Å². The van der Waals surface area contributed by atoms with E-state index in [4.69, 9.17) is 9.47 Å². The summed E-state index contributed by atoms with van der Waals surface area (Å²) < 4.78 is 11.6. The number of unbranched alkanes of at least 4 members (excludes halogenated alkanes) is 41. The van der Waals surface area contributed by atoms with Crippen molar-refractivity contribution in [2.75, 3.05) is 6.61 Å². The summed E-state index contributed by atoms with van der Waals surface area (Å²) in [4.78, 5) is 24.9. The first-order chi connectivity index (χ1) is 29.6. The van der Waals surface area contributed by atoms with Gasteiger partial charge in [-0.2, -0.15) is 0 Å². The van der Waals surface area contributed by atoms with Gasteiger partial charge < -0.3 is 9.47 Å². The van der Waals surface area contributed by atoms with Crippen molar-refractivity contribution in [3.05, 3.63) is 0 Å². The van der Waals surface area contributed by atoms with Gasteiger partial charge in [0.25, 0.3) is 0 Å². The summed E-state index contributed by atoms with van der Waals surface area (Å²) in [6.07, 6.45) is 62.7. The Morgan fingerprint density at radius 3 is 0.817 bits per heavy atom. The summed E-state index contributed by atoms with van der Waals surface area (Å²) in [5.74, 6) is 0.0633. The van der Waals surface area contributed by atoms with E-state index in [1.165, 1.54) is 270 Å². The van der Waals surface area contributed by atoms with Crippen LogP contribution in [0, 0.1) is 0 Å². The molecule has 358 valence electrons. The molecule has 0 aliphatic heterocycles. The van der Waals surface area contributed by atoms with Gasteiger partial charge in [-0.3, -0.25) is 9.59 Å². The van der Waals surface area contributed by atoms with Gasteiger partial charge in [-0.05, 0) is 44.9 Å². The number of carbonyl (C=O) groups is 2. The van der Waals surface area contributed by atoms with Crippen LogP contribution in [0.1, 0.15) is 335 Å². The van der Waals surface area contributed by atoms with E-state index in [1.807, 2.05) is 0 Å². The highest BCUT2D eigenvalue weighted by atomic mass is 16.5. The zero-order valence-corrected chi connectivity index (χ0v) is 41.6. The molecule has 0 aromatic rings. The molecule has 0 saturated carbocycles. The average Bonchev–Trinajstić information content (AvgIpc) is 3.25. The number of hydrogen-bond acceptors (Lipinski definition) is 4. The van der Waals surface area contributed by atoms with Gasteiger partial charge in [0.05, 0.1) is 6.61 Å². The molecule has 0 heterocycles. The molecule has 0 saturated heterocycles. The zero-order valence-electron chi connectivity index (χ0n) is 41.6. The van der Waals surface area contributed by atoms with Gasteiger partial charge in [0.2, 0.25) is 0 Å². The first kappa shape index (κ1) is 58.9. The third-order valence-electron chi connectivity index (χ3n) is 13.1. The molecule has 0 N–H and O–H groups in total. The third kappa shape index (κ3) is 49.6. The Morgan fingerprint density at radius 2 is 0.517 bits per heavy atom. The van der Waals surface area contributed by atoms with Crippen LogP contribution in [0.3, 0.4) is 0 Å². The van der Waals surface area contributed by atoms with Gasteiger partial charge in [0.1, 0.15) is 6.10 Å². The Balaban J connectivity index is 3.70. The Hall–Kier alpha value is -1.06. The zero-order chi connectivity index (χ0) is 43.5. The van der Waals surface area contributed by atoms with Crippen molar-refractivity contribution in [1.82, 2.24) is 0 Å². The van der Waals surface area contributed by atoms with Crippen LogP contribution in [-0.4, -0.2) is 24.6 Å². The molecular formula is C56H110O4. The van der Waals surface area contributed by atoms with Gasteiger partial charge in [0.15, 0.2) is 0 Å². The molecule has 4 heteroatoms. The van der Waals surface area contributed by atoms with Crippen LogP contribution in [0.15, 0.2) is 0 Å². The highest BCUT2D eigenvalue weighted by Gasteiger charge is 2.14. The summed E-state index contributed by atoms with van der Waals surface area (Å²) in [6, 6.07) is 0. The number of hydrogen-bond donors (Lipinski definition) is 0. The lowest BCUT2D eigenvalue weighted by atomic mass is 10.0. The van der Waals surface area contributed by atoms with Crippen molar-refractivity contribution in [3.8, 4) is 0 Å². The molecule has 1 unspecified atom stereocenters. The van der Waals surface area contributed by atoms with E-state index in [1.54, 1.807) is 0 Å². The predicted octanol–water partition coefficient (Wildman–Crippen LogP) is 19.6. The van der Waals surface area contributed by atoms with Crippen LogP contribution in [0.5, 0.6) is 0 Å². The molecule has 0 aromatic heterocycles. The number of esters is 2. The molecule has 0 aromatic carbocycles. The molecule has 0 spiro atoms. The molecule has 4 nitrogen and oxygen atoms in total. The minimum Gasteiger partial charge on any atom is -0.466 e. The summed E-state index contributed by atoms with van der Waals surface area (Å²) in [5.41, 5.74) is 0. The van der Waals surface area contributed by atoms with E-state index in [2.05, 4.69) is 20.8 Å². The Kier molecular flexibility index (Phi) is 51.4. The SMILES string of the molecule is CCCCCCCCCCCCCCCCCC(=O)OCCCCCCCCCCCCC(CCCCCCC)OC(=O)CCCCCCCCCCCCCCCCC. The summed E-state index contributed by atoms with van der Waals surface area (Å²) in [5, 5.41) is 0. The number of rotatable bonds is 52. The third-order valence-corrected chi connectivity index (χ3v) is 13.1. The first-order valence-corrected chi connectivity index (χ1v) is 28.0. The lowest BCUT2D eigenvalue weighted by molar-refractivity contribution is -0.150. The highest BCUT2D eigenvalue weighted by Crippen LogP contribution is 2.20. The smallest absolute Gasteiger partial charge is 0.306 e. The molecule has 0 fully saturated rings. The van der Waals surface area contributed by atoms with Gasteiger partial charge in [0, 0.05) is 12.8 Å². The lowest BCUT2D eigenvalue weighted by Crippen LogP contribution is -2.18. The summed E-state index contributed by atoms with van der Waals surface area (Å²) in [6.45, 7) is 7.45.